The lowest BCUT2D eigenvalue weighted by atomic mass is 9.88. The quantitative estimate of drug-likeness (QED) is 0.605. The molecule has 71 valence electrons. The van der Waals surface area contributed by atoms with Crippen LogP contribution in [0.25, 0.3) is 0 Å². The topological polar surface area (TPSA) is 43.4 Å². The molecule has 0 amide bonds. The molecule has 1 atom stereocenters. The Hall–Kier alpha value is -0.120. The van der Waals surface area contributed by atoms with E-state index in [0.717, 1.165) is 11.5 Å². The fraction of sp³-hybridized carbons (Fsp3) is 1.00. The van der Waals surface area contributed by atoms with Crippen LogP contribution < -0.4 is 0 Å². The Labute approximate surface area is 74.0 Å². The largest absolute Gasteiger partial charge is 0.396 e. The Morgan fingerprint density at radius 2 is 1.92 bits per heavy atom. The molecule has 1 unspecified atom stereocenters. The Bertz CT molecular complexity index is 177. The average Bonchev–Trinajstić information content (AvgIpc) is 2.11. The summed E-state index contributed by atoms with van der Waals surface area (Å²) in [7, 11) is 0. The van der Waals surface area contributed by atoms with Gasteiger partial charge < -0.3 is 5.11 Å². The molecule has 1 heterocycles. The molecule has 3 heteroatoms. The van der Waals surface area contributed by atoms with Crippen molar-refractivity contribution in [3.8, 4) is 0 Å². The van der Waals surface area contributed by atoms with Gasteiger partial charge in [0.15, 0.2) is 0 Å². The summed E-state index contributed by atoms with van der Waals surface area (Å²) in [5.74, 6) is 0.102. The van der Waals surface area contributed by atoms with Gasteiger partial charge in [0, 0.05) is 23.6 Å². The van der Waals surface area contributed by atoms with Gasteiger partial charge in [-0.2, -0.15) is 0 Å². The van der Waals surface area contributed by atoms with E-state index in [2.05, 4.69) is 0 Å². The van der Waals surface area contributed by atoms with Crippen LogP contribution in [-0.4, -0.2) is 27.9 Å². The molecule has 0 aromatic carbocycles. The number of hydrogen-bond donors (Lipinski definition) is 1. The molecule has 1 aliphatic rings. The van der Waals surface area contributed by atoms with Gasteiger partial charge in [-0.15, -0.1) is 10.3 Å². The molecule has 0 aromatic heterocycles. The molecule has 0 aliphatic carbocycles. The predicted octanol–water partition coefficient (Wildman–Crippen LogP) is 1.20. The first-order valence-corrected chi connectivity index (χ1v) is 4.40. The Balaban J connectivity index is 2.88. The van der Waals surface area contributed by atoms with Gasteiger partial charge in [-0.3, -0.25) is 0 Å². The van der Waals surface area contributed by atoms with Gasteiger partial charge in [-0.25, -0.2) is 0 Å². The number of aliphatic hydroxyl groups is 1. The first kappa shape index (κ1) is 9.96. The molecule has 0 aromatic rings. The van der Waals surface area contributed by atoms with Crippen LogP contribution >= 0.6 is 0 Å². The van der Waals surface area contributed by atoms with Crippen molar-refractivity contribution in [2.24, 2.45) is 5.92 Å². The van der Waals surface area contributed by atoms with Crippen molar-refractivity contribution >= 4 is 0 Å². The summed E-state index contributed by atoms with van der Waals surface area (Å²) in [6, 6.07) is 0. The first-order valence-electron chi connectivity index (χ1n) is 4.40. The molecule has 0 saturated carbocycles. The number of nitrogens with zero attached hydrogens (tertiary/aromatic N) is 1. The number of aliphatic hydroxyl groups excluding tert-OH is 1. The Kier molecular flexibility index (Phi) is 2.23. The molecule has 0 spiro atoms. The average molecular weight is 173 g/mol. The molecule has 1 saturated heterocycles. The minimum atomic E-state index is -0.418. The van der Waals surface area contributed by atoms with Crippen molar-refractivity contribution in [3.05, 3.63) is 0 Å². The van der Waals surface area contributed by atoms with Gasteiger partial charge in [0.05, 0.1) is 0 Å². The van der Waals surface area contributed by atoms with E-state index in [4.69, 9.17) is 5.11 Å². The third-order valence-electron chi connectivity index (χ3n) is 3.04. The van der Waals surface area contributed by atoms with Crippen molar-refractivity contribution in [3.63, 3.8) is 0 Å². The van der Waals surface area contributed by atoms with E-state index < -0.39 is 5.54 Å². The van der Waals surface area contributed by atoms with E-state index in [1.807, 2.05) is 27.7 Å². The highest BCUT2D eigenvalue weighted by atomic mass is 16.8. The first-order chi connectivity index (χ1) is 5.32. The minimum Gasteiger partial charge on any atom is -0.396 e. The van der Waals surface area contributed by atoms with Gasteiger partial charge >= 0.3 is 0 Å². The van der Waals surface area contributed by atoms with Gasteiger partial charge in [0.2, 0.25) is 0 Å². The van der Waals surface area contributed by atoms with Crippen molar-refractivity contribution in [1.82, 2.24) is 5.06 Å². The van der Waals surface area contributed by atoms with Crippen LogP contribution in [0.3, 0.4) is 0 Å². The second-order valence-electron chi connectivity index (χ2n) is 4.84. The summed E-state index contributed by atoms with van der Waals surface area (Å²) in [6.45, 7) is 7.76. The number of rotatable bonds is 1. The summed E-state index contributed by atoms with van der Waals surface area (Å²) in [6.07, 6.45) is 0.778. The standard InChI is InChI=1S/C9H18NO2/c1-8(2)5-7(6-11)9(3,4)10(8)12/h7,11H,5-6H2,1-4H3/i10+1. The minimum absolute atomic E-state index is 0.102. The summed E-state index contributed by atoms with van der Waals surface area (Å²) < 4.78 is 0. The van der Waals surface area contributed by atoms with Gasteiger partial charge in [-0.05, 0) is 34.1 Å². The summed E-state index contributed by atoms with van der Waals surface area (Å²) >= 11 is 0. The molecular weight excluding hydrogens is 155 g/mol. The maximum absolute atomic E-state index is 11.7. The zero-order chi connectivity index (χ0) is 9.57. The van der Waals surface area contributed by atoms with Crippen LogP contribution in [0.1, 0.15) is 34.1 Å². The van der Waals surface area contributed by atoms with Crippen LogP contribution in [0.4, 0.5) is 0 Å². The van der Waals surface area contributed by atoms with Crippen molar-refractivity contribution < 1.29 is 10.3 Å². The van der Waals surface area contributed by atoms with Crippen molar-refractivity contribution in [2.45, 2.75) is 45.2 Å². The Morgan fingerprint density at radius 3 is 2.08 bits per heavy atom. The second kappa shape index (κ2) is 2.69. The molecular formula is C9H18NO2. The zero-order valence-corrected chi connectivity index (χ0v) is 8.29. The van der Waals surface area contributed by atoms with Crippen molar-refractivity contribution in [2.75, 3.05) is 6.61 Å². The molecule has 0 bridgehead atoms. The maximum Gasteiger partial charge on any atom is 0.0494 e. The second-order valence-corrected chi connectivity index (χ2v) is 4.84. The van der Waals surface area contributed by atoms with E-state index in [-0.39, 0.29) is 18.1 Å². The third-order valence-corrected chi connectivity index (χ3v) is 3.04. The zero-order valence-electron chi connectivity index (χ0n) is 8.29. The summed E-state index contributed by atoms with van der Waals surface area (Å²) in [5, 5.41) is 21.9. The molecule has 1 N–H and O–H groups in total. The molecule has 1 radical (unpaired) electrons. The van der Waals surface area contributed by atoms with Crippen LogP contribution in [-0.2, 0) is 5.21 Å². The summed E-state index contributed by atoms with van der Waals surface area (Å²) in [4.78, 5) is 0. The van der Waals surface area contributed by atoms with E-state index >= 15 is 0 Å². The van der Waals surface area contributed by atoms with Crippen LogP contribution in [0.5, 0.6) is 0 Å². The summed E-state index contributed by atoms with van der Waals surface area (Å²) in [5.41, 5.74) is -0.741. The van der Waals surface area contributed by atoms with E-state index in [1.54, 1.807) is 0 Å². The molecule has 12 heavy (non-hydrogen) atoms. The van der Waals surface area contributed by atoms with E-state index in [1.165, 1.54) is 0 Å². The van der Waals surface area contributed by atoms with Gasteiger partial charge in [0.1, 0.15) is 0 Å². The van der Waals surface area contributed by atoms with Gasteiger partial charge in [0.25, 0.3) is 0 Å². The van der Waals surface area contributed by atoms with Crippen molar-refractivity contribution in [1.29, 1.82) is 0 Å². The lowest BCUT2D eigenvalue weighted by Gasteiger charge is -2.33. The predicted molar refractivity (Wildman–Crippen MR) is 45.9 cm³/mol. The van der Waals surface area contributed by atoms with Crippen LogP contribution in [0.15, 0.2) is 0 Å². The lowest BCUT2D eigenvalue weighted by Crippen LogP contribution is -2.46. The normalized spacial score (nSPS) is 34.0. The lowest BCUT2D eigenvalue weighted by molar-refractivity contribution is -0.249. The number of hydrogen-bond acceptors (Lipinski definition) is 2. The highest BCUT2D eigenvalue weighted by Crippen LogP contribution is 2.43. The SMILES string of the molecule is CC1(C)CC(CO)C(C)(C)[15N]1[O]. The fourth-order valence-electron chi connectivity index (χ4n) is 2.17. The smallest absolute Gasteiger partial charge is 0.0494 e. The van der Waals surface area contributed by atoms with E-state index in [9.17, 15) is 5.21 Å². The molecule has 1 aliphatic heterocycles. The highest BCUT2D eigenvalue weighted by Gasteiger charge is 2.51. The molecule has 1 fully saturated rings. The van der Waals surface area contributed by atoms with E-state index in [0.29, 0.717) is 0 Å². The number of hydroxylamine groups is 2. The maximum atomic E-state index is 11.7. The molecule has 1 rings (SSSR count). The van der Waals surface area contributed by atoms with Gasteiger partial charge in [-0.1, -0.05) is 0 Å². The monoisotopic (exact) mass is 173 g/mol. The third kappa shape index (κ3) is 1.26. The molecule has 3 nitrogen and oxygen atoms in total. The van der Waals surface area contributed by atoms with Crippen LogP contribution in [0, 0.1) is 5.92 Å². The Morgan fingerprint density at radius 1 is 1.42 bits per heavy atom. The van der Waals surface area contributed by atoms with Crippen LogP contribution in [0.2, 0.25) is 0 Å². The highest BCUT2D eigenvalue weighted by molar-refractivity contribution is 5.01. The fourth-order valence-corrected chi connectivity index (χ4v) is 2.17.